The van der Waals surface area contributed by atoms with Crippen molar-refractivity contribution in [3.8, 4) is 11.4 Å². The number of hydrogen-bond acceptors (Lipinski definition) is 5. The Hall–Kier alpha value is -3.44. The van der Waals surface area contributed by atoms with Gasteiger partial charge in [-0.05, 0) is 62.9 Å². The molecule has 2 N–H and O–H groups in total. The van der Waals surface area contributed by atoms with Gasteiger partial charge in [0.05, 0.1) is 37.5 Å². The number of aromatic nitrogens is 3. The van der Waals surface area contributed by atoms with Crippen LogP contribution in [0.1, 0.15) is 77.9 Å². The van der Waals surface area contributed by atoms with E-state index >= 15 is 0 Å². The molecule has 1 fully saturated rings. The molecule has 8 nitrogen and oxygen atoms in total. The van der Waals surface area contributed by atoms with Crippen molar-refractivity contribution in [1.82, 2.24) is 24.6 Å². The van der Waals surface area contributed by atoms with E-state index in [9.17, 15) is 18.0 Å². The van der Waals surface area contributed by atoms with Crippen molar-refractivity contribution in [3.63, 3.8) is 0 Å². The van der Waals surface area contributed by atoms with Gasteiger partial charge < -0.3 is 20.3 Å². The van der Waals surface area contributed by atoms with Crippen molar-refractivity contribution in [2.24, 2.45) is 11.1 Å². The molecule has 1 aliphatic rings. The van der Waals surface area contributed by atoms with Crippen molar-refractivity contribution in [1.29, 1.82) is 0 Å². The van der Waals surface area contributed by atoms with E-state index < -0.39 is 23.1 Å². The summed E-state index contributed by atoms with van der Waals surface area (Å²) in [5, 5.41) is 4.70. The third-order valence-corrected chi connectivity index (χ3v) is 7.20. The molecule has 2 amide bonds. The van der Waals surface area contributed by atoms with Crippen LogP contribution in [-0.4, -0.2) is 76.2 Å². The molecular weight excluding hydrogens is 581 g/mol. The predicted molar refractivity (Wildman–Crippen MR) is 174 cm³/mol. The topological polar surface area (TPSA) is 89.5 Å². The summed E-state index contributed by atoms with van der Waals surface area (Å²) in [5.41, 5.74) is 7.46. The van der Waals surface area contributed by atoms with Gasteiger partial charge in [0.15, 0.2) is 11.6 Å². The highest BCUT2D eigenvalue weighted by molar-refractivity contribution is 5.75. The number of amides is 2. The maximum Gasteiger partial charge on any atom is 0.320 e. The Balaban J connectivity index is 0.00000169. The fraction of sp³-hybridized carbons (Fsp3) is 0.559. The summed E-state index contributed by atoms with van der Waals surface area (Å²) in [6, 6.07) is 10.6. The van der Waals surface area contributed by atoms with E-state index in [4.69, 9.17) is 20.6 Å². The number of halogens is 3. The molecule has 0 spiro atoms. The lowest BCUT2D eigenvalue weighted by atomic mass is 9.84. The second-order valence-corrected chi connectivity index (χ2v) is 12.1. The molecule has 0 aliphatic carbocycles. The summed E-state index contributed by atoms with van der Waals surface area (Å²) >= 11 is 0. The average Bonchev–Trinajstić information content (AvgIpc) is 3.39. The Bertz CT molecular complexity index is 1350. The highest BCUT2D eigenvalue weighted by Gasteiger charge is 2.41. The molecule has 4 rings (SSSR count). The Morgan fingerprint density at radius 3 is 2.31 bits per heavy atom. The van der Waals surface area contributed by atoms with Gasteiger partial charge in [-0.15, -0.1) is 0 Å². The standard InChI is InChI=1S/C31H42F2N6O2.C2H6.CH3F/c1-20-9-7-10-23(15-20)19-39-29(35-28(36-39)25-16-24(32)11-12-26(25)33)27(31(4,5)6)38(14-8-13-34)30(40)37-17-21(2)41-22(3)18-37;2*1-2/h7,9-12,15-16,21-22,27H,8,13-14,17-19,34H2,1-6H3;1-2H3;1H3/t21-,22+,27-;;/m0../s1. The number of carbonyl (C=O) groups is 1. The number of rotatable bonds is 8. The number of nitrogens with two attached hydrogens (primary N) is 1. The SMILES string of the molecule is CC.CF.Cc1cccc(Cn2nc(-c3cc(F)ccc3F)nc2[C@H](N(CCCN)C(=O)N2C[C@@H](C)O[C@@H](C)C2)C(C)(C)C)c1. The first kappa shape index (κ1) is 37.7. The van der Waals surface area contributed by atoms with Gasteiger partial charge in [0.25, 0.3) is 0 Å². The molecule has 250 valence electrons. The van der Waals surface area contributed by atoms with Crippen LogP contribution in [0.2, 0.25) is 0 Å². The number of hydrogen-bond donors (Lipinski definition) is 1. The van der Waals surface area contributed by atoms with Crippen LogP contribution in [0, 0.1) is 24.0 Å². The van der Waals surface area contributed by atoms with Gasteiger partial charge >= 0.3 is 6.03 Å². The van der Waals surface area contributed by atoms with Gasteiger partial charge in [0.2, 0.25) is 0 Å². The molecule has 0 saturated carbocycles. The lowest BCUT2D eigenvalue weighted by Crippen LogP contribution is -2.55. The zero-order valence-electron chi connectivity index (χ0n) is 28.3. The quantitative estimate of drug-likeness (QED) is 0.285. The fourth-order valence-electron chi connectivity index (χ4n) is 5.55. The minimum absolute atomic E-state index is 0.0300. The van der Waals surface area contributed by atoms with E-state index in [1.165, 1.54) is 0 Å². The molecule has 1 saturated heterocycles. The van der Waals surface area contributed by atoms with E-state index in [2.05, 4.69) is 0 Å². The monoisotopic (exact) mass is 632 g/mol. The van der Waals surface area contributed by atoms with Crippen molar-refractivity contribution < 1.29 is 22.7 Å². The zero-order chi connectivity index (χ0) is 33.9. The molecule has 0 bridgehead atoms. The molecule has 3 atom stereocenters. The summed E-state index contributed by atoms with van der Waals surface area (Å²) in [6.07, 6.45) is 0.393. The zero-order valence-corrected chi connectivity index (χ0v) is 28.3. The molecule has 45 heavy (non-hydrogen) atoms. The van der Waals surface area contributed by atoms with Crippen molar-refractivity contribution in [3.05, 3.63) is 71.1 Å². The first-order chi connectivity index (χ1) is 21.4. The molecule has 11 heteroatoms. The van der Waals surface area contributed by atoms with Crippen LogP contribution in [0.3, 0.4) is 0 Å². The highest BCUT2D eigenvalue weighted by Crippen LogP contribution is 2.39. The van der Waals surface area contributed by atoms with Gasteiger partial charge in [0.1, 0.15) is 11.6 Å². The molecule has 2 aromatic carbocycles. The summed E-state index contributed by atoms with van der Waals surface area (Å²) < 4.78 is 46.2. The molecule has 1 aromatic heterocycles. The van der Waals surface area contributed by atoms with E-state index in [1.807, 2.05) is 89.5 Å². The normalized spacial score (nSPS) is 17.0. The second-order valence-electron chi connectivity index (χ2n) is 12.1. The smallest absolute Gasteiger partial charge is 0.320 e. The largest absolute Gasteiger partial charge is 0.372 e. The van der Waals surface area contributed by atoms with Crippen molar-refractivity contribution >= 4 is 6.03 Å². The summed E-state index contributed by atoms with van der Waals surface area (Å²) in [4.78, 5) is 22.7. The molecule has 0 unspecified atom stereocenters. The van der Waals surface area contributed by atoms with Gasteiger partial charge in [-0.2, -0.15) is 5.10 Å². The minimum Gasteiger partial charge on any atom is -0.372 e. The van der Waals surface area contributed by atoms with Gasteiger partial charge in [-0.1, -0.05) is 64.4 Å². The number of nitrogens with zero attached hydrogens (tertiary/aromatic N) is 5. The number of morpholine rings is 1. The van der Waals surface area contributed by atoms with Crippen LogP contribution in [0.15, 0.2) is 42.5 Å². The van der Waals surface area contributed by atoms with E-state index in [1.54, 1.807) is 4.68 Å². The second kappa shape index (κ2) is 17.3. The van der Waals surface area contributed by atoms with Crippen LogP contribution in [-0.2, 0) is 11.3 Å². The molecule has 2 heterocycles. The predicted octanol–water partition coefficient (Wildman–Crippen LogP) is 7.16. The van der Waals surface area contributed by atoms with Crippen LogP contribution < -0.4 is 5.73 Å². The molecule has 3 aromatic rings. The number of carbonyl (C=O) groups excluding carboxylic acids is 1. The third-order valence-electron chi connectivity index (χ3n) is 7.20. The Morgan fingerprint density at radius 1 is 1.09 bits per heavy atom. The van der Waals surface area contributed by atoms with E-state index in [-0.39, 0.29) is 29.6 Å². The number of benzene rings is 2. The maximum absolute atomic E-state index is 14.9. The average molecular weight is 633 g/mol. The minimum atomic E-state index is -0.620. The number of alkyl halides is 1. The lowest BCUT2D eigenvalue weighted by molar-refractivity contribution is -0.0612. The van der Waals surface area contributed by atoms with Gasteiger partial charge in [0, 0.05) is 19.6 Å². The van der Waals surface area contributed by atoms with Gasteiger partial charge in [-0.25, -0.2) is 23.2 Å². The first-order valence-corrected chi connectivity index (χ1v) is 15.6. The Morgan fingerprint density at radius 2 is 1.73 bits per heavy atom. The summed E-state index contributed by atoms with van der Waals surface area (Å²) in [5.74, 6) is -0.637. The highest BCUT2D eigenvalue weighted by atomic mass is 19.1. The Kier molecular flexibility index (Phi) is 14.5. The first-order valence-electron chi connectivity index (χ1n) is 15.6. The Labute approximate surface area is 266 Å². The van der Waals surface area contributed by atoms with Crippen molar-refractivity contribution in [2.45, 2.75) is 86.6 Å². The number of urea groups is 1. The van der Waals surface area contributed by atoms with Crippen LogP contribution in [0.4, 0.5) is 18.0 Å². The van der Waals surface area contributed by atoms with Crippen LogP contribution >= 0.6 is 0 Å². The van der Waals surface area contributed by atoms with Crippen molar-refractivity contribution in [2.75, 3.05) is 33.4 Å². The summed E-state index contributed by atoms with van der Waals surface area (Å²) in [7, 11) is 0.500. The van der Waals surface area contributed by atoms with Crippen LogP contribution in [0.5, 0.6) is 0 Å². The number of aryl methyl sites for hydroxylation is 1. The van der Waals surface area contributed by atoms with E-state index in [0.29, 0.717) is 52.1 Å². The third kappa shape index (κ3) is 10.0. The summed E-state index contributed by atoms with van der Waals surface area (Å²) in [6.45, 7) is 18.1. The van der Waals surface area contributed by atoms with Crippen LogP contribution in [0.25, 0.3) is 11.4 Å². The lowest BCUT2D eigenvalue weighted by Gasteiger charge is -2.44. The molecule has 1 aliphatic heterocycles. The molecular formula is C34H51F3N6O2. The fourth-order valence-corrected chi connectivity index (χ4v) is 5.55. The molecule has 0 radical (unpaired) electrons. The maximum atomic E-state index is 14.9. The van der Waals surface area contributed by atoms with Gasteiger partial charge in [-0.3, -0.25) is 4.39 Å². The van der Waals surface area contributed by atoms with E-state index in [0.717, 1.165) is 29.3 Å². The number of ether oxygens (including phenoxy) is 1.